The molecule has 1 heterocycles. The Morgan fingerprint density at radius 1 is 0.576 bits per heavy atom. The number of aromatic nitrogens is 3. The Balaban J connectivity index is 0.00000602. The zero-order valence-electron chi connectivity index (χ0n) is 44.7. The average Bonchev–Trinajstić information content (AvgIpc) is 3.30. The molecule has 46 heteroatoms. The zero-order valence-corrected chi connectivity index (χ0v) is 63.2. The molecule has 0 saturated carbocycles. The molecule has 3 N–H and O–H groups in total. The number of methoxy groups -OCH3 is 1. The summed E-state index contributed by atoms with van der Waals surface area (Å²) in [5.74, 6) is -2.73. The van der Waals surface area contributed by atoms with Crippen LogP contribution >= 0.6 is 11.6 Å². The van der Waals surface area contributed by atoms with Crippen LogP contribution in [0, 0.1) is 6.92 Å². The van der Waals surface area contributed by atoms with Gasteiger partial charge in [-0.3, -0.25) is 9.54 Å². The van der Waals surface area contributed by atoms with Crippen molar-refractivity contribution in [2.75, 3.05) is 19.5 Å². The summed E-state index contributed by atoms with van der Waals surface area (Å²) >= 11 is 6.17. The summed E-state index contributed by atoms with van der Waals surface area (Å²) in [7, 11) is -36.0. The van der Waals surface area contributed by atoms with Crippen molar-refractivity contribution < 1.29 is 278 Å². The summed E-state index contributed by atoms with van der Waals surface area (Å²) in [5.41, 5.74) is -4.59. The van der Waals surface area contributed by atoms with Crippen molar-refractivity contribution in [3.63, 3.8) is 0 Å². The van der Waals surface area contributed by atoms with E-state index in [1.165, 1.54) is 19.1 Å². The van der Waals surface area contributed by atoms with Gasteiger partial charge in [0.2, 0.25) is 16.5 Å². The van der Waals surface area contributed by atoms with Gasteiger partial charge in [0.05, 0.1) is 71.6 Å². The molecule has 0 atom stereocenters. The Hall–Kier alpha value is -1.09. The first kappa shape index (κ1) is 81.9. The number of benzene rings is 6. The van der Waals surface area contributed by atoms with Crippen LogP contribution in [0.1, 0.15) is 5.56 Å². The molecular weight excluding hydrogens is 1360 g/mol. The Morgan fingerprint density at radius 2 is 1.13 bits per heavy atom. The average molecular weight is 1390 g/mol. The number of sulfone groups is 1. The SMILES string of the molecule is COc1cc(N=Nc2cc3c(S(=O)(=O)[O-])cc(S(=O)(=O)[O-])cc3cc2S(=O)(=O)[O-])c(C)cc1N=Nc1c(S(=O)(=O)[O-])cc2cc(S(=O)(=O)[O-])cc(N=c3[nH]c(Cl)nc(=Nc4cccc(S(=O)(=O)CCOS(=O)(=O)O)c4)[nH]3)c2c1[O-].[Na+].[Na+].[Na+].[Na+].[Na+].[Na+]. The summed E-state index contributed by atoms with van der Waals surface area (Å²) in [4.78, 5) is 10.4. The van der Waals surface area contributed by atoms with Crippen LogP contribution in [0.2, 0.25) is 5.28 Å². The van der Waals surface area contributed by atoms with Gasteiger partial charge in [0.25, 0.3) is 0 Å². The van der Waals surface area contributed by atoms with Crippen molar-refractivity contribution in [2.24, 2.45) is 30.4 Å². The molecule has 0 bridgehead atoms. The molecule has 7 aromatic rings. The molecule has 0 amide bonds. The van der Waals surface area contributed by atoms with Crippen molar-refractivity contribution in [2.45, 2.75) is 36.3 Å². The molecule has 420 valence electrons. The van der Waals surface area contributed by atoms with Crippen molar-refractivity contribution in [3.05, 3.63) is 101 Å². The first-order chi connectivity index (χ1) is 36.3. The number of aromatic amines is 2. The minimum absolute atomic E-state index is 0. The standard InChI is InChI=1S/C39H32ClN9O23S7.6Na/c1-18-8-27(30(71-2)17-26(18)46-48-28-16-25-19(11-32(28)77(62,63)64)9-24(75(56,57)58)15-31(25)76(59,60)61)47-49-35-33(78(65,66)67)12-20-10-23(74(53,54)55)14-29(34(20)36(35)50)42-39-44-37(40)43-38(45-39)41-21-4-3-5-22(13-21)73(51,52)7-6-72-79(68,69)70;;;;;;/h3-5,8-17,50H,6-7H2,1-2H3,(H,53,54,55)(H,56,57,58)(H,59,60,61)(H,62,63,64)(H,65,66,67)(H,68,69,70)(H2,41,42,43,44,45);;;;;;/q;6*+1/p-6. The number of nitrogens with one attached hydrogen (secondary N) is 2. The van der Waals surface area contributed by atoms with Gasteiger partial charge in [-0.1, -0.05) is 11.8 Å². The summed E-state index contributed by atoms with van der Waals surface area (Å²) in [6, 6.07) is 10.1. The van der Waals surface area contributed by atoms with E-state index in [4.69, 9.17) is 20.9 Å². The Morgan fingerprint density at radius 3 is 1.69 bits per heavy atom. The second-order valence-corrected chi connectivity index (χ2v) is 26.0. The summed E-state index contributed by atoms with van der Waals surface area (Å²) in [6.45, 7) is 0.350. The van der Waals surface area contributed by atoms with E-state index < -0.39 is 173 Å². The molecule has 1 aromatic heterocycles. The van der Waals surface area contributed by atoms with Crippen molar-refractivity contribution in [1.29, 1.82) is 0 Å². The van der Waals surface area contributed by atoms with Crippen molar-refractivity contribution in [3.8, 4) is 11.5 Å². The van der Waals surface area contributed by atoms with E-state index in [2.05, 4.69) is 49.6 Å². The number of hydrogen-bond donors (Lipinski definition) is 3. The third-order valence-electron chi connectivity index (χ3n) is 10.3. The largest absolute Gasteiger partial charge is 1.00 e. The van der Waals surface area contributed by atoms with Gasteiger partial charge in [-0.05, 0) is 102 Å². The van der Waals surface area contributed by atoms with E-state index in [9.17, 15) is 86.8 Å². The molecule has 6 aromatic carbocycles. The number of rotatable bonds is 17. The molecule has 0 radical (unpaired) electrons. The zero-order chi connectivity index (χ0) is 58.6. The maximum atomic E-state index is 14.4. The minimum atomic E-state index is -5.75. The molecule has 85 heavy (non-hydrogen) atoms. The van der Waals surface area contributed by atoms with Crippen LogP contribution in [0.4, 0.5) is 34.1 Å². The number of nitrogens with zero attached hydrogens (tertiary/aromatic N) is 7. The van der Waals surface area contributed by atoms with Crippen LogP contribution < -0.4 is 198 Å². The molecule has 32 nitrogen and oxygen atoms in total. The van der Waals surface area contributed by atoms with E-state index in [0.717, 1.165) is 31.4 Å². The summed E-state index contributed by atoms with van der Waals surface area (Å²) in [6.07, 6.45) is 0. The maximum absolute atomic E-state index is 14.4. The Labute approximate surface area is 619 Å². The number of aryl methyl sites for hydroxylation is 1. The number of fused-ring (bicyclic) bond motifs is 2. The fourth-order valence-corrected chi connectivity index (χ4v) is 11.8. The van der Waals surface area contributed by atoms with Crippen LogP contribution in [0.3, 0.4) is 0 Å². The van der Waals surface area contributed by atoms with Gasteiger partial charge >= 0.3 is 188 Å². The molecule has 0 aliphatic rings. The molecule has 0 unspecified atom stereocenters. The van der Waals surface area contributed by atoms with Crippen molar-refractivity contribution >= 4 is 138 Å². The second kappa shape index (κ2) is 31.5. The van der Waals surface area contributed by atoms with Crippen LogP contribution in [0.25, 0.3) is 21.5 Å². The monoisotopic (exact) mass is 1380 g/mol. The van der Waals surface area contributed by atoms with Gasteiger partial charge in [0.1, 0.15) is 67.7 Å². The first-order valence-corrected chi connectivity index (χ1v) is 30.9. The van der Waals surface area contributed by atoms with E-state index in [0.29, 0.717) is 36.4 Å². The van der Waals surface area contributed by atoms with Gasteiger partial charge in [-0.25, -0.2) is 64.7 Å². The second-order valence-electron chi connectivity index (χ2n) is 15.7. The smallest absolute Gasteiger partial charge is 0.870 e. The van der Waals surface area contributed by atoms with Gasteiger partial charge < -0.3 is 37.6 Å². The van der Waals surface area contributed by atoms with Crippen LogP contribution in [-0.4, -0.2) is 121 Å². The fraction of sp³-hybridized carbons (Fsp3) is 0.103. The van der Waals surface area contributed by atoms with E-state index in [1.54, 1.807) is 0 Å². The van der Waals surface area contributed by atoms with Gasteiger partial charge in [0.15, 0.2) is 9.84 Å². The molecule has 7 rings (SSSR count). The maximum Gasteiger partial charge on any atom is 1.00 e. The van der Waals surface area contributed by atoms with Crippen LogP contribution in [0.5, 0.6) is 11.5 Å². The molecule has 0 fully saturated rings. The Bertz CT molecular complexity index is 4840. The number of halogens is 1. The molecule has 0 aliphatic heterocycles. The third kappa shape index (κ3) is 21.0. The van der Waals surface area contributed by atoms with Gasteiger partial charge in [0, 0.05) is 16.8 Å². The normalized spacial score (nSPS) is 12.9. The van der Waals surface area contributed by atoms with E-state index >= 15 is 0 Å². The fourth-order valence-electron chi connectivity index (χ4n) is 6.96. The number of azo groups is 2. The predicted molar refractivity (Wildman–Crippen MR) is 258 cm³/mol. The summed E-state index contributed by atoms with van der Waals surface area (Å²) in [5, 5.41) is 26.3. The van der Waals surface area contributed by atoms with Crippen LogP contribution in [-0.2, 0) is 75.0 Å². The minimum Gasteiger partial charge on any atom is -0.870 e. The molecule has 0 spiro atoms. The molecule has 0 saturated heterocycles. The third-order valence-corrected chi connectivity index (χ3v) is 16.9. The quantitative estimate of drug-likeness (QED) is 0.0433. The van der Waals surface area contributed by atoms with E-state index in [-0.39, 0.29) is 212 Å². The van der Waals surface area contributed by atoms with Gasteiger partial charge in [-0.15, -0.1) is 15.3 Å². The summed E-state index contributed by atoms with van der Waals surface area (Å²) < 4.78 is 249. The molecule has 0 aliphatic carbocycles. The number of H-pyrrole nitrogens is 2. The predicted octanol–water partition coefficient (Wildman–Crippen LogP) is -15.5. The first-order valence-electron chi connectivity index (χ1n) is 20.5. The van der Waals surface area contributed by atoms with Crippen LogP contribution in [0.15, 0.2) is 139 Å². The topological polar surface area (TPSA) is 535 Å². The van der Waals surface area contributed by atoms with E-state index in [1.807, 2.05) is 0 Å². The Kier molecular flexibility index (Phi) is 30.3. The van der Waals surface area contributed by atoms with Crippen molar-refractivity contribution in [1.82, 2.24) is 15.0 Å². The number of ether oxygens (including phenoxy) is 1. The van der Waals surface area contributed by atoms with Gasteiger partial charge in [-0.2, -0.15) is 18.5 Å². The number of hydrogen-bond acceptors (Lipinski definition) is 29. The molecular formula is C39H26ClN9Na6O23S7.